The van der Waals surface area contributed by atoms with E-state index < -0.39 is 5.97 Å². The second kappa shape index (κ2) is 8.20. The molecule has 4 heteroatoms. The average molecular weight is 299 g/mol. The predicted octanol–water partition coefficient (Wildman–Crippen LogP) is 2.87. The molecule has 0 aromatic heterocycles. The fraction of sp³-hybridized carbons (Fsp3) is 0.278. The molecule has 0 saturated heterocycles. The van der Waals surface area contributed by atoms with Crippen LogP contribution in [0.4, 0.5) is 0 Å². The number of carbonyl (C=O) groups is 1. The minimum absolute atomic E-state index is 0.0961. The number of hydrogen-bond donors (Lipinski definition) is 2. The standard InChI is InChI=1S/C18H21NO3/c1-22-17-9-7-14(8-10-17)11-16(12-18(20)21)19-13-15-5-3-2-4-6-15/h2-10,16,19H,11-13H2,1H3,(H,20,21)/t16-/m1/s1. The van der Waals surface area contributed by atoms with Crippen molar-refractivity contribution in [2.24, 2.45) is 0 Å². The van der Waals surface area contributed by atoms with Gasteiger partial charge in [-0.3, -0.25) is 4.79 Å². The summed E-state index contributed by atoms with van der Waals surface area (Å²) in [5, 5.41) is 12.4. The molecule has 0 heterocycles. The van der Waals surface area contributed by atoms with Crippen LogP contribution < -0.4 is 10.1 Å². The summed E-state index contributed by atoms with van der Waals surface area (Å²) < 4.78 is 5.13. The van der Waals surface area contributed by atoms with Crippen LogP contribution in [0.25, 0.3) is 0 Å². The summed E-state index contributed by atoms with van der Waals surface area (Å²) in [5.74, 6) is 0.00912. The molecule has 0 amide bonds. The molecule has 2 rings (SSSR count). The molecule has 0 unspecified atom stereocenters. The van der Waals surface area contributed by atoms with Gasteiger partial charge in [-0.1, -0.05) is 42.5 Å². The number of methoxy groups -OCH3 is 1. The molecule has 0 aliphatic heterocycles. The maximum absolute atomic E-state index is 11.1. The maximum atomic E-state index is 11.1. The summed E-state index contributed by atoms with van der Waals surface area (Å²) in [6.45, 7) is 0.662. The molecule has 2 N–H and O–H groups in total. The first kappa shape index (κ1) is 16.0. The van der Waals surface area contributed by atoms with E-state index in [9.17, 15) is 4.79 Å². The molecule has 0 bridgehead atoms. The Hall–Kier alpha value is -2.33. The van der Waals surface area contributed by atoms with Crippen LogP contribution in [0.3, 0.4) is 0 Å². The van der Waals surface area contributed by atoms with Gasteiger partial charge < -0.3 is 15.2 Å². The van der Waals surface area contributed by atoms with Gasteiger partial charge in [0.25, 0.3) is 0 Å². The SMILES string of the molecule is COc1ccc(C[C@H](CC(=O)O)NCc2ccccc2)cc1. The quantitative estimate of drug-likeness (QED) is 0.787. The van der Waals surface area contributed by atoms with Gasteiger partial charge >= 0.3 is 5.97 Å². The molecule has 0 aliphatic rings. The van der Waals surface area contributed by atoms with E-state index in [-0.39, 0.29) is 12.5 Å². The van der Waals surface area contributed by atoms with Gasteiger partial charge in [-0.15, -0.1) is 0 Å². The zero-order chi connectivity index (χ0) is 15.8. The van der Waals surface area contributed by atoms with Crippen LogP contribution in [0.15, 0.2) is 54.6 Å². The Kier molecular flexibility index (Phi) is 5.98. The number of hydrogen-bond acceptors (Lipinski definition) is 3. The first-order valence-corrected chi connectivity index (χ1v) is 7.29. The van der Waals surface area contributed by atoms with Crippen molar-refractivity contribution in [2.45, 2.75) is 25.4 Å². The van der Waals surface area contributed by atoms with E-state index in [1.807, 2.05) is 54.6 Å². The van der Waals surface area contributed by atoms with Crippen molar-refractivity contribution in [1.82, 2.24) is 5.32 Å². The smallest absolute Gasteiger partial charge is 0.304 e. The van der Waals surface area contributed by atoms with Crippen molar-refractivity contribution in [3.63, 3.8) is 0 Å². The van der Waals surface area contributed by atoms with E-state index in [1.54, 1.807) is 7.11 Å². The summed E-state index contributed by atoms with van der Waals surface area (Å²) in [5.41, 5.74) is 2.24. The number of carboxylic acids is 1. The van der Waals surface area contributed by atoms with Crippen LogP contribution in [-0.4, -0.2) is 24.2 Å². The number of rotatable bonds is 8. The average Bonchev–Trinajstić information content (AvgIpc) is 2.54. The van der Waals surface area contributed by atoms with Crippen molar-refractivity contribution in [1.29, 1.82) is 0 Å². The number of aliphatic carboxylic acids is 1. The molecular weight excluding hydrogens is 278 g/mol. The largest absolute Gasteiger partial charge is 0.497 e. The van der Waals surface area contributed by atoms with Crippen molar-refractivity contribution >= 4 is 5.97 Å². The van der Waals surface area contributed by atoms with Gasteiger partial charge in [0.1, 0.15) is 5.75 Å². The normalized spacial score (nSPS) is 11.9. The van der Waals surface area contributed by atoms with E-state index in [0.29, 0.717) is 13.0 Å². The highest BCUT2D eigenvalue weighted by Crippen LogP contribution is 2.14. The van der Waals surface area contributed by atoms with Crippen LogP contribution >= 0.6 is 0 Å². The van der Waals surface area contributed by atoms with Gasteiger partial charge in [-0.25, -0.2) is 0 Å². The van der Waals surface area contributed by atoms with E-state index in [0.717, 1.165) is 16.9 Å². The summed E-state index contributed by atoms with van der Waals surface area (Å²) >= 11 is 0. The molecule has 0 aliphatic carbocycles. The van der Waals surface area contributed by atoms with Crippen LogP contribution in [0.2, 0.25) is 0 Å². The lowest BCUT2D eigenvalue weighted by atomic mass is 10.0. The highest BCUT2D eigenvalue weighted by atomic mass is 16.5. The van der Waals surface area contributed by atoms with Crippen molar-refractivity contribution in [3.05, 3.63) is 65.7 Å². The molecule has 0 radical (unpaired) electrons. The van der Waals surface area contributed by atoms with Gasteiger partial charge in [-0.05, 0) is 29.7 Å². The highest BCUT2D eigenvalue weighted by molar-refractivity contribution is 5.67. The van der Waals surface area contributed by atoms with E-state index in [4.69, 9.17) is 9.84 Å². The molecule has 22 heavy (non-hydrogen) atoms. The third-order valence-electron chi connectivity index (χ3n) is 3.50. The summed E-state index contributed by atoms with van der Waals surface area (Å²) in [7, 11) is 1.63. The van der Waals surface area contributed by atoms with E-state index in [1.165, 1.54) is 0 Å². The lowest BCUT2D eigenvalue weighted by Crippen LogP contribution is -2.33. The molecule has 0 saturated carbocycles. The summed E-state index contributed by atoms with van der Waals surface area (Å²) in [6, 6.07) is 17.6. The molecule has 2 aromatic carbocycles. The molecular formula is C18H21NO3. The van der Waals surface area contributed by atoms with Gasteiger partial charge in [-0.2, -0.15) is 0 Å². The second-order valence-corrected chi connectivity index (χ2v) is 5.21. The Morgan fingerprint density at radius 1 is 1.09 bits per heavy atom. The van der Waals surface area contributed by atoms with E-state index in [2.05, 4.69) is 5.32 Å². The van der Waals surface area contributed by atoms with Crippen LogP contribution in [-0.2, 0) is 17.8 Å². The van der Waals surface area contributed by atoms with Crippen molar-refractivity contribution in [2.75, 3.05) is 7.11 Å². The highest BCUT2D eigenvalue weighted by Gasteiger charge is 2.13. The minimum atomic E-state index is -0.793. The Bertz CT molecular complexity index is 581. The first-order chi connectivity index (χ1) is 10.7. The zero-order valence-corrected chi connectivity index (χ0v) is 12.7. The lowest BCUT2D eigenvalue weighted by Gasteiger charge is -2.17. The first-order valence-electron chi connectivity index (χ1n) is 7.29. The Morgan fingerprint density at radius 3 is 2.36 bits per heavy atom. The van der Waals surface area contributed by atoms with Crippen LogP contribution in [0, 0.1) is 0 Å². The topological polar surface area (TPSA) is 58.6 Å². The number of ether oxygens (including phenoxy) is 1. The Labute approximate surface area is 130 Å². The fourth-order valence-corrected chi connectivity index (χ4v) is 2.33. The predicted molar refractivity (Wildman–Crippen MR) is 86.0 cm³/mol. The molecule has 0 fully saturated rings. The van der Waals surface area contributed by atoms with Gasteiger partial charge in [0.15, 0.2) is 0 Å². The molecule has 2 aromatic rings. The summed E-state index contributed by atoms with van der Waals surface area (Å²) in [4.78, 5) is 11.1. The number of nitrogens with one attached hydrogen (secondary N) is 1. The van der Waals surface area contributed by atoms with Crippen molar-refractivity contribution in [3.8, 4) is 5.75 Å². The summed E-state index contributed by atoms with van der Waals surface area (Å²) in [6.07, 6.45) is 0.766. The molecule has 4 nitrogen and oxygen atoms in total. The minimum Gasteiger partial charge on any atom is -0.497 e. The zero-order valence-electron chi connectivity index (χ0n) is 12.7. The Morgan fingerprint density at radius 2 is 1.77 bits per heavy atom. The van der Waals surface area contributed by atoms with Gasteiger partial charge in [0, 0.05) is 12.6 Å². The van der Waals surface area contributed by atoms with Gasteiger partial charge in [0.2, 0.25) is 0 Å². The van der Waals surface area contributed by atoms with Crippen LogP contribution in [0.1, 0.15) is 17.5 Å². The lowest BCUT2D eigenvalue weighted by molar-refractivity contribution is -0.137. The number of carboxylic acid groups (broad SMARTS) is 1. The third-order valence-corrected chi connectivity index (χ3v) is 3.50. The fourth-order valence-electron chi connectivity index (χ4n) is 2.33. The molecule has 0 spiro atoms. The Balaban J connectivity index is 1.97. The molecule has 1 atom stereocenters. The maximum Gasteiger partial charge on any atom is 0.304 e. The second-order valence-electron chi connectivity index (χ2n) is 5.21. The van der Waals surface area contributed by atoms with Crippen molar-refractivity contribution < 1.29 is 14.6 Å². The van der Waals surface area contributed by atoms with E-state index >= 15 is 0 Å². The molecule has 116 valence electrons. The van der Waals surface area contributed by atoms with Gasteiger partial charge in [0.05, 0.1) is 13.5 Å². The third kappa shape index (κ3) is 5.22. The monoisotopic (exact) mass is 299 g/mol. The number of benzene rings is 2. The van der Waals surface area contributed by atoms with Crippen LogP contribution in [0.5, 0.6) is 5.75 Å².